The maximum absolute atomic E-state index is 12.3. The van der Waals surface area contributed by atoms with Gasteiger partial charge in [-0.2, -0.15) is 0 Å². The molecule has 2 aromatic heterocycles. The van der Waals surface area contributed by atoms with Gasteiger partial charge in [0.15, 0.2) is 0 Å². The van der Waals surface area contributed by atoms with Crippen molar-refractivity contribution in [3.05, 3.63) is 52.2 Å². The number of aromatic nitrogens is 4. The van der Waals surface area contributed by atoms with Gasteiger partial charge in [-0.3, -0.25) is 0 Å². The van der Waals surface area contributed by atoms with E-state index in [9.17, 15) is 4.79 Å². The molecule has 3 heterocycles. The van der Waals surface area contributed by atoms with Gasteiger partial charge in [0, 0.05) is 29.5 Å². The minimum absolute atomic E-state index is 0.0990. The van der Waals surface area contributed by atoms with Gasteiger partial charge in [-0.05, 0) is 19.1 Å². The highest BCUT2D eigenvalue weighted by molar-refractivity contribution is 6.37. The van der Waals surface area contributed by atoms with Crippen molar-refractivity contribution in [3.8, 4) is 17.0 Å². The number of urea groups is 1. The Hall–Kier alpha value is -3.04. The molecule has 9 nitrogen and oxygen atoms in total. The van der Waals surface area contributed by atoms with E-state index in [0.717, 1.165) is 5.56 Å². The Kier molecular flexibility index (Phi) is 6.15. The molecule has 0 saturated heterocycles. The number of amides is 2. The van der Waals surface area contributed by atoms with Crippen LogP contribution in [0.2, 0.25) is 10.0 Å². The number of halogens is 2. The van der Waals surface area contributed by atoms with Crippen molar-refractivity contribution >= 4 is 35.2 Å². The highest BCUT2D eigenvalue weighted by Crippen LogP contribution is 2.42. The summed E-state index contributed by atoms with van der Waals surface area (Å²) in [5.41, 5.74) is 8.55. The molecule has 4 rings (SSSR count). The second-order valence-corrected chi connectivity index (χ2v) is 7.80. The zero-order chi connectivity index (χ0) is 22.0. The lowest BCUT2D eigenvalue weighted by Gasteiger charge is -2.17. The van der Waals surface area contributed by atoms with Crippen LogP contribution in [-0.4, -0.2) is 43.6 Å². The van der Waals surface area contributed by atoms with Gasteiger partial charge in [0.1, 0.15) is 12.4 Å². The van der Waals surface area contributed by atoms with Crippen molar-refractivity contribution in [2.45, 2.75) is 26.6 Å². The standard InChI is InChI=1S/C20H21Cl2N7O2/c1-2-25-20(30)29-9-13-15(10-29)26-19(23)27-18(13)17-14(22)7-12(21)8-16(17)31-6-5-28-4-3-24-11-28/h3-4,7-8,11H,2,5-6,9-10H2,1H3,(H,25,30)(H2,23,26,27). The van der Waals surface area contributed by atoms with Gasteiger partial charge in [-0.15, -0.1) is 0 Å². The Balaban J connectivity index is 1.69. The third-order valence-corrected chi connectivity index (χ3v) is 5.35. The Bertz CT molecular complexity index is 1110. The number of nitrogens with one attached hydrogen (secondary N) is 1. The molecule has 0 radical (unpaired) electrons. The van der Waals surface area contributed by atoms with Gasteiger partial charge in [0.2, 0.25) is 5.95 Å². The predicted octanol–water partition coefficient (Wildman–Crippen LogP) is 3.35. The van der Waals surface area contributed by atoms with Crippen LogP contribution in [-0.2, 0) is 19.6 Å². The summed E-state index contributed by atoms with van der Waals surface area (Å²) in [6.07, 6.45) is 5.27. The van der Waals surface area contributed by atoms with Crippen LogP contribution in [0.3, 0.4) is 0 Å². The Morgan fingerprint density at radius 3 is 2.87 bits per heavy atom. The van der Waals surface area contributed by atoms with E-state index in [-0.39, 0.29) is 12.0 Å². The summed E-state index contributed by atoms with van der Waals surface area (Å²) < 4.78 is 7.93. The molecule has 0 bridgehead atoms. The van der Waals surface area contributed by atoms with Gasteiger partial charge < -0.3 is 25.3 Å². The normalized spacial score (nSPS) is 12.7. The van der Waals surface area contributed by atoms with Crippen molar-refractivity contribution in [2.75, 3.05) is 18.9 Å². The van der Waals surface area contributed by atoms with E-state index < -0.39 is 0 Å². The van der Waals surface area contributed by atoms with E-state index in [1.165, 1.54) is 0 Å². The molecule has 162 valence electrons. The predicted molar refractivity (Wildman–Crippen MR) is 118 cm³/mol. The van der Waals surface area contributed by atoms with Crippen molar-refractivity contribution in [1.29, 1.82) is 0 Å². The lowest BCUT2D eigenvalue weighted by Crippen LogP contribution is -2.36. The van der Waals surface area contributed by atoms with Gasteiger partial charge in [-0.25, -0.2) is 19.7 Å². The van der Waals surface area contributed by atoms with Crippen LogP contribution < -0.4 is 15.8 Å². The number of benzene rings is 1. The number of imidazole rings is 1. The summed E-state index contributed by atoms with van der Waals surface area (Å²) in [4.78, 5) is 26.8. The zero-order valence-corrected chi connectivity index (χ0v) is 18.3. The third-order valence-electron chi connectivity index (χ3n) is 4.84. The van der Waals surface area contributed by atoms with E-state index in [1.807, 2.05) is 17.7 Å². The molecule has 1 aromatic carbocycles. The van der Waals surface area contributed by atoms with E-state index in [1.54, 1.807) is 29.6 Å². The average Bonchev–Trinajstić information content (AvgIpc) is 3.37. The van der Waals surface area contributed by atoms with Gasteiger partial charge >= 0.3 is 6.03 Å². The number of hydrogen-bond donors (Lipinski definition) is 2. The van der Waals surface area contributed by atoms with Crippen molar-refractivity contribution in [3.63, 3.8) is 0 Å². The van der Waals surface area contributed by atoms with Crippen molar-refractivity contribution in [1.82, 2.24) is 29.7 Å². The molecule has 2 amide bonds. The first kappa shape index (κ1) is 21.2. The molecule has 0 fully saturated rings. The van der Waals surface area contributed by atoms with Crippen molar-refractivity contribution < 1.29 is 9.53 Å². The number of fused-ring (bicyclic) bond motifs is 1. The highest BCUT2D eigenvalue weighted by Gasteiger charge is 2.30. The monoisotopic (exact) mass is 461 g/mol. The van der Waals surface area contributed by atoms with Crippen LogP contribution in [0.4, 0.5) is 10.7 Å². The SMILES string of the molecule is CCNC(=O)N1Cc2nc(N)nc(-c3c(Cl)cc(Cl)cc3OCCn3ccnc3)c2C1. The van der Waals surface area contributed by atoms with Crippen LogP contribution in [0.5, 0.6) is 5.75 Å². The summed E-state index contributed by atoms with van der Waals surface area (Å²) in [5, 5.41) is 3.62. The minimum atomic E-state index is -0.177. The maximum atomic E-state index is 12.3. The fourth-order valence-corrected chi connectivity index (χ4v) is 4.03. The number of ether oxygens (including phenoxy) is 1. The number of anilines is 1. The number of carbonyl (C=O) groups is 1. The smallest absolute Gasteiger partial charge is 0.318 e. The van der Waals surface area contributed by atoms with Gasteiger partial charge in [0.25, 0.3) is 0 Å². The molecule has 0 spiro atoms. The second-order valence-electron chi connectivity index (χ2n) is 6.96. The van der Waals surface area contributed by atoms with E-state index in [2.05, 4.69) is 20.3 Å². The fourth-order valence-electron chi connectivity index (χ4n) is 3.46. The molecule has 0 saturated carbocycles. The zero-order valence-electron chi connectivity index (χ0n) is 16.8. The van der Waals surface area contributed by atoms with Gasteiger partial charge in [-0.1, -0.05) is 23.2 Å². The first-order valence-corrected chi connectivity index (χ1v) is 10.5. The van der Waals surface area contributed by atoms with Crippen LogP contribution in [0.15, 0.2) is 30.9 Å². The quantitative estimate of drug-likeness (QED) is 0.581. The molecular weight excluding hydrogens is 441 g/mol. The molecule has 3 aromatic rings. The van der Waals surface area contributed by atoms with Crippen LogP contribution >= 0.6 is 23.2 Å². The highest BCUT2D eigenvalue weighted by atomic mass is 35.5. The Morgan fingerprint density at radius 1 is 1.29 bits per heavy atom. The second kappa shape index (κ2) is 8.99. The summed E-state index contributed by atoms with van der Waals surface area (Å²) >= 11 is 12.8. The molecule has 1 aliphatic rings. The first-order valence-electron chi connectivity index (χ1n) is 9.72. The molecule has 0 aliphatic carbocycles. The third kappa shape index (κ3) is 4.52. The largest absolute Gasteiger partial charge is 0.491 e. The van der Waals surface area contributed by atoms with E-state index in [0.29, 0.717) is 65.5 Å². The number of nitrogens with zero attached hydrogens (tertiary/aromatic N) is 5. The Labute approximate surface area is 189 Å². The summed E-state index contributed by atoms with van der Waals surface area (Å²) in [6.45, 7) is 4.04. The Morgan fingerprint density at radius 2 is 2.13 bits per heavy atom. The van der Waals surface area contributed by atoms with Crippen LogP contribution in [0.1, 0.15) is 18.2 Å². The van der Waals surface area contributed by atoms with E-state index in [4.69, 9.17) is 33.7 Å². The van der Waals surface area contributed by atoms with Crippen molar-refractivity contribution in [2.24, 2.45) is 0 Å². The minimum Gasteiger partial charge on any atom is -0.491 e. The summed E-state index contributed by atoms with van der Waals surface area (Å²) in [7, 11) is 0. The first-order chi connectivity index (χ1) is 15.0. The van der Waals surface area contributed by atoms with Crippen LogP contribution in [0.25, 0.3) is 11.3 Å². The average molecular weight is 462 g/mol. The molecule has 31 heavy (non-hydrogen) atoms. The van der Waals surface area contributed by atoms with Gasteiger partial charge in [0.05, 0.1) is 47.9 Å². The molecule has 0 unspecified atom stereocenters. The topological polar surface area (TPSA) is 111 Å². The molecule has 0 atom stereocenters. The molecular formula is C20H21Cl2N7O2. The molecule has 11 heteroatoms. The molecule has 1 aliphatic heterocycles. The molecule has 3 N–H and O–H groups in total. The fraction of sp³-hybridized carbons (Fsp3) is 0.300. The summed E-state index contributed by atoms with van der Waals surface area (Å²) in [6, 6.07) is 3.14. The number of hydrogen-bond acceptors (Lipinski definition) is 6. The summed E-state index contributed by atoms with van der Waals surface area (Å²) in [5.74, 6) is 0.580. The number of nitrogen functional groups attached to an aromatic ring is 1. The lowest BCUT2D eigenvalue weighted by molar-refractivity contribution is 0.199. The number of carbonyl (C=O) groups excluding carboxylic acids is 1. The lowest BCUT2D eigenvalue weighted by atomic mass is 10.0. The number of rotatable bonds is 6. The maximum Gasteiger partial charge on any atom is 0.318 e. The van der Waals surface area contributed by atoms with Crippen LogP contribution in [0, 0.1) is 0 Å². The number of nitrogens with two attached hydrogens (primary N) is 1. The van der Waals surface area contributed by atoms with E-state index >= 15 is 0 Å².